The summed E-state index contributed by atoms with van der Waals surface area (Å²) in [6, 6.07) is 4.40. The van der Waals surface area contributed by atoms with E-state index in [9.17, 15) is 26.8 Å². The zero-order chi connectivity index (χ0) is 17.9. The monoisotopic (exact) mass is 361 g/mol. The third-order valence-corrected chi connectivity index (χ3v) is 5.43. The zero-order valence-electron chi connectivity index (χ0n) is 12.7. The van der Waals surface area contributed by atoms with Gasteiger partial charge in [-0.3, -0.25) is 9.59 Å². The Labute approximate surface area is 138 Å². The van der Waals surface area contributed by atoms with Gasteiger partial charge >= 0.3 is 11.7 Å². The van der Waals surface area contributed by atoms with Gasteiger partial charge in [0.25, 0.3) is 5.91 Å². The summed E-state index contributed by atoms with van der Waals surface area (Å²) in [7, 11) is -4.68. The van der Waals surface area contributed by atoms with Crippen molar-refractivity contribution in [2.75, 3.05) is 13.1 Å². The fourth-order valence-corrected chi connectivity index (χ4v) is 3.38. The number of carbonyl (C=O) groups is 2. The van der Waals surface area contributed by atoms with E-state index in [1.54, 1.807) is 4.90 Å². The summed E-state index contributed by atoms with van der Waals surface area (Å²) < 4.78 is 47.6. The van der Waals surface area contributed by atoms with Gasteiger partial charge in [0, 0.05) is 25.1 Å². The number of aliphatic carboxylic acids is 1. The predicted molar refractivity (Wildman–Crippen MR) is 80.5 cm³/mol. The van der Waals surface area contributed by atoms with Gasteiger partial charge in [-0.2, -0.15) is 8.78 Å². The minimum Gasteiger partial charge on any atom is -0.481 e. The molecule has 1 aliphatic heterocycles. The molecule has 0 saturated carbocycles. The Morgan fingerprint density at radius 1 is 1.17 bits per heavy atom. The zero-order valence-corrected chi connectivity index (χ0v) is 13.5. The molecule has 0 atom stereocenters. The van der Waals surface area contributed by atoms with Gasteiger partial charge in [0.1, 0.15) is 0 Å². The minimum atomic E-state index is -4.68. The van der Waals surface area contributed by atoms with Crippen LogP contribution in [0, 0.1) is 5.92 Å². The molecule has 0 aromatic heterocycles. The molecular formula is C15H17F2NO5S. The van der Waals surface area contributed by atoms with E-state index in [2.05, 4.69) is 0 Å². The summed E-state index contributed by atoms with van der Waals surface area (Å²) in [6.45, 7) is 0.821. The van der Waals surface area contributed by atoms with Crippen LogP contribution < -0.4 is 0 Å². The molecule has 0 spiro atoms. The van der Waals surface area contributed by atoms with E-state index in [1.807, 2.05) is 0 Å². The maximum atomic E-state index is 12.5. The van der Waals surface area contributed by atoms with Crippen LogP contribution in [0.25, 0.3) is 0 Å². The lowest BCUT2D eigenvalue weighted by Crippen LogP contribution is -2.38. The van der Waals surface area contributed by atoms with Crippen molar-refractivity contribution >= 4 is 21.7 Å². The van der Waals surface area contributed by atoms with Crippen LogP contribution in [-0.2, 0) is 14.6 Å². The predicted octanol–water partition coefficient (Wildman–Crippen LogP) is 2.01. The quantitative estimate of drug-likeness (QED) is 0.866. The molecule has 24 heavy (non-hydrogen) atoms. The maximum absolute atomic E-state index is 12.5. The molecule has 6 nitrogen and oxygen atoms in total. The Balaban J connectivity index is 2.03. The van der Waals surface area contributed by atoms with E-state index < -0.39 is 26.5 Å². The normalized spacial score (nSPS) is 16.4. The molecule has 1 saturated heterocycles. The maximum Gasteiger partial charge on any atom is 0.341 e. The van der Waals surface area contributed by atoms with E-state index >= 15 is 0 Å². The number of nitrogens with zero attached hydrogens (tertiary/aromatic N) is 1. The van der Waals surface area contributed by atoms with Crippen molar-refractivity contribution in [3.8, 4) is 0 Å². The van der Waals surface area contributed by atoms with Gasteiger partial charge in [0.05, 0.1) is 4.90 Å². The van der Waals surface area contributed by atoms with E-state index in [4.69, 9.17) is 5.11 Å². The van der Waals surface area contributed by atoms with Gasteiger partial charge in [0.15, 0.2) is 0 Å². The van der Waals surface area contributed by atoms with Crippen LogP contribution in [0.1, 0.15) is 29.6 Å². The molecule has 1 N–H and O–H groups in total. The number of amides is 1. The number of carboxylic acids is 1. The number of benzene rings is 1. The van der Waals surface area contributed by atoms with E-state index in [0.29, 0.717) is 25.9 Å². The van der Waals surface area contributed by atoms with Gasteiger partial charge < -0.3 is 10.0 Å². The summed E-state index contributed by atoms with van der Waals surface area (Å²) in [6.07, 6.45) is 1.23. The highest BCUT2D eigenvalue weighted by atomic mass is 32.2. The molecule has 1 fully saturated rings. The van der Waals surface area contributed by atoms with Gasteiger partial charge in [-0.25, -0.2) is 8.42 Å². The molecule has 0 bridgehead atoms. The number of carbonyl (C=O) groups excluding carboxylic acids is 1. The van der Waals surface area contributed by atoms with Crippen LogP contribution in [0.5, 0.6) is 0 Å². The van der Waals surface area contributed by atoms with Crippen molar-refractivity contribution in [3.05, 3.63) is 29.8 Å². The van der Waals surface area contributed by atoms with Gasteiger partial charge in [-0.05, 0) is 43.0 Å². The van der Waals surface area contributed by atoms with Crippen molar-refractivity contribution in [1.29, 1.82) is 0 Å². The third-order valence-electron chi connectivity index (χ3n) is 4.03. The molecule has 9 heteroatoms. The van der Waals surface area contributed by atoms with Gasteiger partial charge in [-0.1, -0.05) is 0 Å². The number of hydrogen-bond acceptors (Lipinski definition) is 4. The fourth-order valence-electron chi connectivity index (χ4n) is 2.66. The lowest BCUT2D eigenvalue weighted by molar-refractivity contribution is -0.138. The van der Waals surface area contributed by atoms with Crippen molar-refractivity contribution in [2.45, 2.75) is 29.9 Å². The second-order valence-electron chi connectivity index (χ2n) is 5.66. The second-order valence-corrected chi connectivity index (χ2v) is 7.58. The largest absolute Gasteiger partial charge is 0.481 e. The van der Waals surface area contributed by atoms with Crippen LogP contribution in [0.4, 0.5) is 8.78 Å². The van der Waals surface area contributed by atoms with Crippen LogP contribution >= 0.6 is 0 Å². The van der Waals surface area contributed by atoms with Crippen molar-refractivity contribution in [2.24, 2.45) is 5.92 Å². The van der Waals surface area contributed by atoms with Crippen molar-refractivity contribution < 1.29 is 31.9 Å². The highest BCUT2D eigenvalue weighted by Gasteiger charge is 2.28. The molecule has 1 heterocycles. The van der Waals surface area contributed by atoms with Crippen LogP contribution in [0.15, 0.2) is 29.2 Å². The van der Waals surface area contributed by atoms with Crippen LogP contribution in [0.3, 0.4) is 0 Å². The highest BCUT2D eigenvalue weighted by molar-refractivity contribution is 7.91. The first-order valence-electron chi connectivity index (χ1n) is 7.35. The summed E-state index contributed by atoms with van der Waals surface area (Å²) >= 11 is 0. The highest BCUT2D eigenvalue weighted by Crippen LogP contribution is 2.23. The molecule has 2 rings (SSSR count). The SMILES string of the molecule is O=C(O)CC1CCN(C(=O)c2ccc(S(=O)(=O)C(F)F)cc2)CC1. The topological polar surface area (TPSA) is 91.8 Å². The summed E-state index contributed by atoms with van der Waals surface area (Å²) in [4.78, 5) is 24.0. The second kappa shape index (κ2) is 7.25. The lowest BCUT2D eigenvalue weighted by atomic mass is 9.93. The Bertz CT molecular complexity index is 710. The first kappa shape index (κ1) is 18.3. The molecule has 0 aliphatic carbocycles. The Hall–Kier alpha value is -2.03. The molecule has 132 valence electrons. The van der Waals surface area contributed by atoms with Crippen molar-refractivity contribution in [3.63, 3.8) is 0 Å². The molecular weight excluding hydrogens is 344 g/mol. The summed E-state index contributed by atoms with van der Waals surface area (Å²) in [5.41, 5.74) is 0.208. The molecule has 0 radical (unpaired) electrons. The minimum absolute atomic E-state index is 0.0325. The third kappa shape index (κ3) is 4.08. The number of piperidine rings is 1. The number of carboxylic acid groups (broad SMARTS) is 1. The van der Waals surface area contributed by atoms with Gasteiger partial charge in [-0.15, -0.1) is 0 Å². The number of alkyl halides is 2. The average Bonchev–Trinajstić information content (AvgIpc) is 2.54. The van der Waals surface area contributed by atoms with Gasteiger partial charge in [0.2, 0.25) is 9.84 Å². The smallest absolute Gasteiger partial charge is 0.341 e. The average molecular weight is 361 g/mol. The molecule has 1 aromatic carbocycles. The van der Waals surface area contributed by atoms with E-state index in [1.165, 1.54) is 12.1 Å². The Kier molecular flexibility index (Phi) is 5.53. The van der Waals surface area contributed by atoms with E-state index in [0.717, 1.165) is 12.1 Å². The molecule has 1 aromatic rings. The number of likely N-dealkylation sites (tertiary alicyclic amines) is 1. The number of halogens is 2. The lowest BCUT2D eigenvalue weighted by Gasteiger charge is -2.31. The van der Waals surface area contributed by atoms with E-state index in [-0.39, 0.29) is 23.8 Å². The molecule has 1 amide bonds. The molecule has 1 aliphatic rings. The summed E-state index contributed by atoms with van der Waals surface area (Å²) in [5, 5.41) is 8.77. The fraction of sp³-hybridized carbons (Fsp3) is 0.467. The Morgan fingerprint density at radius 2 is 1.71 bits per heavy atom. The Morgan fingerprint density at radius 3 is 2.17 bits per heavy atom. The summed E-state index contributed by atoms with van der Waals surface area (Å²) in [5.74, 6) is -4.67. The first-order valence-corrected chi connectivity index (χ1v) is 8.89. The van der Waals surface area contributed by atoms with Crippen molar-refractivity contribution in [1.82, 2.24) is 4.90 Å². The van der Waals surface area contributed by atoms with Crippen LogP contribution in [-0.4, -0.2) is 49.1 Å². The standard InChI is InChI=1S/C15H17F2NO5S/c16-15(17)24(22,23)12-3-1-11(2-4-12)14(21)18-7-5-10(6-8-18)9-13(19)20/h1-4,10,15H,5-9H2,(H,19,20). The number of sulfone groups is 1. The molecule has 0 unspecified atom stereocenters. The van der Waals surface area contributed by atoms with Crippen LogP contribution in [0.2, 0.25) is 0 Å². The first-order chi connectivity index (χ1) is 11.2. The number of rotatable bonds is 5. The number of hydrogen-bond donors (Lipinski definition) is 1.